The van der Waals surface area contributed by atoms with Crippen LogP contribution in [0.2, 0.25) is 0 Å². The number of hydrogen-bond donors (Lipinski definition) is 2. The molecule has 0 rings (SSSR count). The standard InChI is InChI=1S/2C3H7NS2.Ni/c2*1-2-4-3(5)6;/h2*2H2,1H3,(H2,4,5,6);/q;;+2/p-2. The maximum absolute atomic E-state index is 4.50. The predicted octanol–water partition coefficient (Wildman–Crippen LogP) is 0.853. The minimum Gasteiger partial charge on any atom is -0.412 e. The van der Waals surface area contributed by atoms with Crippen molar-refractivity contribution in [3.63, 3.8) is 0 Å². The minimum atomic E-state index is 0. The quantitative estimate of drug-likeness (QED) is 0.445. The topological polar surface area (TPSA) is 24.1 Å². The number of hydrogen-bond acceptors (Lipinski definition) is 4. The van der Waals surface area contributed by atoms with Gasteiger partial charge >= 0.3 is 16.5 Å². The van der Waals surface area contributed by atoms with Crippen LogP contribution in [0, 0.1) is 0 Å². The second kappa shape index (κ2) is 15.2. The molecule has 0 atom stereocenters. The second-order valence-corrected chi connectivity index (χ2v) is 3.79. The third kappa shape index (κ3) is 32.4. The first-order valence-electron chi connectivity index (χ1n) is 3.44. The van der Waals surface area contributed by atoms with Gasteiger partial charge in [0.2, 0.25) is 0 Å². The van der Waals surface area contributed by atoms with Crippen molar-refractivity contribution in [2.45, 2.75) is 13.8 Å². The number of rotatable bonds is 2. The average molecular weight is 299 g/mol. The SMILES string of the molecule is CCNC(=S)[S-].CCNC(=S)[S-].[Ni+2]. The molecule has 0 heterocycles. The Labute approximate surface area is 112 Å². The molecule has 0 aliphatic rings. The van der Waals surface area contributed by atoms with Crippen LogP contribution in [0.4, 0.5) is 0 Å². The molecule has 0 aromatic heterocycles. The molecule has 0 saturated carbocycles. The fraction of sp³-hybridized carbons (Fsp3) is 0.667. The van der Waals surface area contributed by atoms with E-state index in [1.807, 2.05) is 13.8 Å². The van der Waals surface area contributed by atoms with Gasteiger partial charge < -0.3 is 60.3 Å². The van der Waals surface area contributed by atoms with Crippen molar-refractivity contribution in [3.05, 3.63) is 0 Å². The van der Waals surface area contributed by atoms with Crippen LogP contribution in [0.5, 0.6) is 0 Å². The summed E-state index contributed by atoms with van der Waals surface area (Å²) in [5.41, 5.74) is 0. The van der Waals surface area contributed by atoms with Crippen molar-refractivity contribution in [2.24, 2.45) is 0 Å². The van der Waals surface area contributed by atoms with E-state index in [2.05, 4.69) is 60.3 Å². The molecule has 0 amide bonds. The van der Waals surface area contributed by atoms with Crippen LogP contribution in [-0.4, -0.2) is 21.7 Å². The maximum atomic E-state index is 4.50. The molecule has 0 bridgehead atoms. The average Bonchev–Trinajstić information content (AvgIpc) is 1.87. The van der Waals surface area contributed by atoms with Crippen LogP contribution in [0.3, 0.4) is 0 Å². The summed E-state index contributed by atoms with van der Waals surface area (Å²) in [5.74, 6) is 0. The van der Waals surface area contributed by atoms with E-state index in [4.69, 9.17) is 0 Å². The Morgan fingerprint density at radius 2 is 1.23 bits per heavy atom. The fourth-order valence-corrected chi connectivity index (χ4v) is 0.866. The molecule has 2 N–H and O–H groups in total. The molecule has 0 fully saturated rings. The van der Waals surface area contributed by atoms with Crippen molar-refractivity contribution >= 4 is 58.3 Å². The zero-order chi connectivity index (χ0) is 9.98. The van der Waals surface area contributed by atoms with Crippen LogP contribution < -0.4 is 10.6 Å². The number of nitrogens with one attached hydrogen (secondary N) is 2. The van der Waals surface area contributed by atoms with Gasteiger partial charge in [0.15, 0.2) is 0 Å². The largest absolute Gasteiger partial charge is 2.00 e. The first-order valence-corrected chi connectivity index (χ1v) is 5.07. The van der Waals surface area contributed by atoms with Gasteiger partial charge in [-0.2, -0.15) is 0 Å². The molecule has 7 heteroatoms. The monoisotopic (exact) mass is 298 g/mol. The Morgan fingerprint density at radius 1 is 1.00 bits per heavy atom. The Balaban J connectivity index is -0.000000143. The normalized spacial score (nSPS) is 6.92. The van der Waals surface area contributed by atoms with Crippen molar-refractivity contribution in [1.82, 2.24) is 10.6 Å². The van der Waals surface area contributed by atoms with E-state index >= 15 is 0 Å². The van der Waals surface area contributed by atoms with E-state index in [0.717, 1.165) is 13.1 Å². The maximum Gasteiger partial charge on any atom is 2.00 e. The van der Waals surface area contributed by atoms with E-state index in [9.17, 15) is 0 Å². The molecule has 0 aromatic rings. The van der Waals surface area contributed by atoms with Gasteiger partial charge in [-0.3, -0.25) is 0 Å². The summed E-state index contributed by atoms with van der Waals surface area (Å²) in [4.78, 5) is 0. The van der Waals surface area contributed by atoms with Crippen molar-refractivity contribution < 1.29 is 16.5 Å². The van der Waals surface area contributed by atoms with Crippen LogP contribution >= 0.6 is 24.4 Å². The molecule has 2 nitrogen and oxygen atoms in total. The van der Waals surface area contributed by atoms with Crippen LogP contribution in [0.15, 0.2) is 0 Å². The first kappa shape index (κ1) is 19.3. The van der Waals surface area contributed by atoms with E-state index in [-0.39, 0.29) is 16.5 Å². The molecule has 0 aromatic carbocycles. The second-order valence-electron chi connectivity index (χ2n) is 1.64. The minimum absolute atomic E-state index is 0. The molecule has 80 valence electrons. The Morgan fingerprint density at radius 3 is 1.23 bits per heavy atom. The Hall–Kier alpha value is 0.714. The zero-order valence-corrected chi connectivity index (χ0v) is 11.6. The summed E-state index contributed by atoms with van der Waals surface area (Å²) < 4.78 is 0.912. The Bertz CT molecular complexity index is 127. The first-order chi connectivity index (χ1) is 5.54. The molecule has 0 radical (unpaired) electrons. The van der Waals surface area contributed by atoms with Crippen LogP contribution in [0.1, 0.15) is 13.8 Å². The van der Waals surface area contributed by atoms with E-state index in [1.54, 1.807) is 0 Å². The zero-order valence-electron chi connectivity index (χ0n) is 7.36. The molecule has 0 aliphatic heterocycles. The summed E-state index contributed by atoms with van der Waals surface area (Å²) in [6, 6.07) is 0. The summed E-state index contributed by atoms with van der Waals surface area (Å²) in [6.07, 6.45) is 0. The Kier molecular flexibility index (Phi) is 22.6. The van der Waals surface area contributed by atoms with Gasteiger partial charge in [-0.1, -0.05) is 8.64 Å². The predicted molar refractivity (Wildman–Crippen MR) is 67.3 cm³/mol. The summed E-state index contributed by atoms with van der Waals surface area (Å²) in [5, 5.41) is 5.51. The van der Waals surface area contributed by atoms with Crippen LogP contribution in [0.25, 0.3) is 0 Å². The van der Waals surface area contributed by atoms with Gasteiger partial charge in [0.25, 0.3) is 0 Å². The van der Waals surface area contributed by atoms with Gasteiger partial charge in [-0.05, 0) is 13.8 Å². The molecule has 0 unspecified atom stereocenters. The van der Waals surface area contributed by atoms with Gasteiger partial charge in [0.05, 0.1) is 0 Å². The third-order valence-corrected chi connectivity index (χ3v) is 1.22. The van der Waals surface area contributed by atoms with Gasteiger partial charge in [-0.25, -0.2) is 0 Å². The van der Waals surface area contributed by atoms with E-state index in [1.165, 1.54) is 0 Å². The van der Waals surface area contributed by atoms with Crippen molar-refractivity contribution in [1.29, 1.82) is 0 Å². The third-order valence-electron chi connectivity index (χ3n) is 0.642. The molecule has 13 heavy (non-hydrogen) atoms. The van der Waals surface area contributed by atoms with E-state index < -0.39 is 0 Å². The summed E-state index contributed by atoms with van der Waals surface area (Å²) >= 11 is 18.0. The molecular weight excluding hydrogens is 287 g/mol. The van der Waals surface area contributed by atoms with Crippen molar-refractivity contribution in [3.8, 4) is 0 Å². The molecular formula is C6H12N2NiS4. The summed E-state index contributed by atoms with van der Waals surface area (Å²) in [6.45, 7) is 5.59. The fourth-order valence-electron chi connectivity index (χ4n) is 0.289. The smallest absolute Gasteiger partial charge is 0.412 e. The van der Waals surface area contributed by atoms with Gasteiger partial charge in [0, 0.05) is 13.1 Å². The van der Waals surface area contributed by atoms with Gasteiger partial charge in [-0.15, -0.1) is 0 Å². The molecule has 0 aliphatic carbocycles. The molecule has 0 saturated heterocycles. The van der Waals surface area contributed by atoms with E-state index in [0.29, 0.717) is 8.64 Å². The van der Waals surface area contributed by atoms with Crippen molar-refractivity contribution in [2.75, 3.05) is 13.1 Å². The van der Waals surface area contributed by atoms with Crippen LogP contribution in [-0.2, 0) is 41.7 Å². The van der Waals surface area contributed by atoms with Gasteiger partial charge in [0.1, 0.15) is 0 Å². The summed E-state index contributed by atoms with van der Waals surface area (Å²) in [7, 11) is 0. The number of thiocarbonyl (C=S) groups is 2. The molecule has 0 spiro atoms.